The van der Waals surface area contributed by atoms with Crippen molar-refractivity contribution in [2.24, 2.45) is 5.92 Å². The van der Waals surface area contributed by atoms with Crippen molar-refractivity contribution in [3.8, 4) is 0 Å². The van der Waals surface area contributed by atoms with E-state index in [0.29, 0.717) is 0 Å². The molecule has 5 N–H and O–H groups in total. The molecule has 7 nitrogen and oxygen atoms in total. The lowest BCUT2D eigenvalue weighted by molar-refractivity contribution is -0.00559. The molecule has 5 unspecified atom stereocenters. The van der Waals surface area contributed by atoms with Crippen molar-refractivity contribution < 1.29 is 19.7 Å². The van der Waals surface area contributed by atoms with Gasteiger partial charge in [-0.25, -0.2) is 9.18 Å². The van der Waals surface area contributed by atoms with Gasteiger partial charge in [0.1, 0.15) is 18.1 Å². The monoisotopic (exact) mass is 259 g/mol. The number of nitrogens with zero attached hydrogens (tertiary/aromatic N) is 2. The Balaban J connectivity index is 2.41. The fraction of sp³-hybridized carbons (Fsp3) is 0.600. The first-order valence-electron chi connectivity index (χ1n) is 5.43. The molecule has 1 aliphatic carbocycles. The van der Waals surface area contributed by atoms with Crippen molar-refractivity contribution >= 4 is 5.82 Å². The Hall–Kier alpha value is -1.51. The molecule has 1 aliphatic rings. The lowest BCUT2D eigenvalue weighted by atomic mass is 10.1. The number of aromatic nitrogens is 2. The number of rotatable bonds is 2. The van der Waals surface area contributed by atoms with Gasteiger partial charge in [0.25, 0.3) is 0 Å². The van der Waals surface area contributed by atoms with E-state index < -0.39 is 42.6 Å². The first-order chi connectivity index (χ1) is 8.47. The van der Waals surface area contributed by atoms with Gasteiger partial charge in [-0.3, -0.25) is 4.57 Å². The summed E-state index contributed by atoms with van der Waals surface area (Å²) in [6.45, 7) is -0.618. The average Bonchev–Trinajstić information content (AvgIpc) is 2.52. The number of nitrogen functional groups attached to an aromatic ring is 1. The van der Waals surface area contributed by atoms with Crippen LogP contribution >= 0.6 is 0 Å². The van der Waals surface area contributed by atoms with Crippen LogP contribution in [0.2, 0.25) is 0 Å². The summed E-state index contributed by atoms with van der Waals surface area (Å²) in [5.41, 5.74) is 4.49. The predicted molar refractivity (Wildman–Crippen MR) is 59.4 cm³/mol. The van der Waals surface area contributed by atoms with E-state index in [1.165, 1.54) is 12.3 Å². The fourth-order valence-electron chi connectivity index (χ4n) is 2.26. The standard InChI is InChI=1S/C10H14FN3O4/c11-6-4(3-15)8(16)9(17)7(6)14-2-1-5(12)13-10(14)18/h1-2,4,6-9,15-17H,3H2,(H2,12,13,18). The largest absolute Gasteiger partial charge is 0.396 e. The maximum Gasteiger partial charge on any atom is 0.349 e. The molecule has 1 aromatic heterocycles. The quantitative estimate of drug-likeness (QED) is 0.489. The Morgan fingerprint density at radius 1 is 1.44 bits per heavy atom. The molecule has 0 amide bonds. The van der Waals surface area contributed by atoms with Crippen molar-refractivity contribution in [2.75, 3.05) is 12.3 Å². The van der Waals surface area contributed by atoms with E-state index in [1.807, 2.05) is 0 Å². The second-order valence-electron chi connectivity index (χ2n) is 4.30. The van der Waals surface area contributed by atoms with E-state index in [-0.39, 0.29) is 5.82 Å². The number of hydrogen-bond acceptors (Lipinski definition) is 6. The highest BCUT2D eigenvalue weighted by Crippen LogP contribution is 2.37. The van der Waals surface area contributed by atoms with Crippen molar-refractivity contribution in [1.29, 1.82) is 0 Å². The van der Waals surface area contributed by atoms with Crippen LogP contribution in [0.4, 0.5) is 10.2 Å². The number of nitrogens with two attached hydrogens (primary N) is 1. The molecular weight excluding hydrogens is 245 g/mol. The average molecular weight is 259 g/mol. The highest BCUT2D eigenvalue weighted by Gasteiger charge is 2.51. The van der Waals surface area contributed by atoms with Crippen LogP contribution in [-0.2, 0) is 0 Å². The van der Waals surface area contributed by atoms with Gasteiger partial charge < -0.3 is 21.1 Å². The summed E-state index contributed by atoms with van der Waals surface area (Å²) >= 11 is 0. The Kier molecular flexibility index (Phi) is 3.33. The molecule has 1 aromatic rings. The molecule has 8 heteroatoms. The van der Waals surface area contributed by atoms with E-state index in [4.69, 9.17) is 10.8 Å². The van der Waals surface area contributed by atoms with Gasteiger partial charge >= 0.3 is 5.69 Å². The van der Waals surface area contributed by atoms with Crippen LogP contribution in [0.25, 0.3) is 0 Å². The third-order valence-electron chi connectivity index (χ3n) is 3.26. The summed E-state index contributed by atoms with van der Waals surface area (Å²) in [5, 5.41) is 28.3. The first-order valence-corrected chi connectivity index (χ1v) is 5.43. The summed E-state index contributed by atoms with van der Waals surface area (Å²) in [6, 6.07) is 0.0113. The maximum atomic E-state index is 14.0. The third kappa shape index (κ3) is 1.88. The minimum atomic E-state index is -1.75. The molecule has 1 heterocycles. The topological polar surface area (TPSA) is 122 Å². The maximum absolute atomic E-state index is 14.0. The van der Waals surface area contributed by atoms with Gasteiger partial charge in [-0.1, -0.05) is 0 Å². The Labute approximate surface area is 101 Å². The van der Waals surface area contributed by atoms with Crippen molar-refractivity contribution in [3.63, 3.8) is 0 Å². The van der Waals surface area contributed by atoms with Gasteiger partial charge in [-0.2, -0.15) is 4.98 Å². The summed E-state index contributed by atoms with van der Waals surface area (Å²) in [6.07, 6.45) is -3.46. The highest BCUT2D eigenvalue weighted by atomic mass is 19.1. The zero-order valence-electron chi connectivity index (χ0n) is 9.35. The normalized spacial score (nSPS) is 35.9. The van der Waals surface area contributed by atoms with Crippen LogP contribution < -0.4 is 11.4 Å². The third-order valence-corrected chi connectivity index (χ3v) is 3.26. The van der Waals surface area contributed by atoms with Crippen LogP contribution in [0, 0.1) is 5.92 Å². The van der Waals surface area contributed by atoms with E-state index in [2.05, 4.69) is 4.98 Å². The number of halogens is 1. The molecule has 1 saturated carbocycles. The lowest BCUT2D eigenvalue weighted by Crippen LogP contribution is -2.36. The van der Waals surface area contributed by atoms with Gasteiger partial charge in [0.15, 0.2) is 0 Å². The molecule has 1 fully saturated rings. The second-order valence-corrected chi connectivity index (χ2v) is 4.30. The van der Waals surface area contributed by atoms with E-state index in [1.54, 1.807) is 0 Å². The SMILES string of the molecule is Nc1ccn(C2C(O)C(O)C(CO)C2F)c(=O)n1. The van der Waals surface area contributed by atoms with E-state index in [9.17, 15) is 19.4 Å². The summed E-state index contributed by atoms with van der Waals surface area (Å²) < 4.78 is 14.9. The van der Waals surface area contributed by atoms with Crippen LogP contribution in [0.1, 0.15) is 6.04 Å². The summed E-state index contributed by atoms with van der Waals surface area (Å²) in [4.78, 5) is 15.0. The lowest BCUT2D eigenvalue weighted by Gasteiger charge is -2.19. The molecule has 0 aliphatic heterocycles. The number of hydrogen-bond donors (Lipinski definition) is 4. The van der Waals surface area contributed by atoms with E-state index in [0.717, 1.165) is 4.57 Å². The van der Waals surface area contributed by atoms with Crippen LogP contribution in [0.3, 0.4) is 0 Å². The number of alkyl halides is 1. The fourth-order valence-corrected chi connectivity index (χ4v) is 2.26. The molecule has 100 valence electrons. The molecule has 0 aromatic carbocycles. The molecule has 0 radical (unpaired) electrons. The molecular formula is C10H14FN3O4. The number of aliphatic hydroxyl groups excluding tert-OH is 3. The van der Waals surface area contributed by atoms with Crippen LogP contribution in [-0.4, -0.2) is 49.9 Å². The van der Waals surface area contributed by atoms with E-state index >= 15 is 0 Å². The minimum absolute atomic E-state index is 0.0154. The van der Waals surface area contributed by atoms with Gasteiger partial charge in [-0.05, 0) is 6.07 Å². The van der Waals surface area contributed by atoms with Crippen LogP contribution in [0.15, 0.2) is 17.1 Å². The molecule has 0 bridgehead atoms. The zero-order valence-corrected chi connectivity index (χ0v) is 9.35. The molecule has 0 saturated heterocycles. The van der Waals surface area contributed by atoms with Gasteiger partial charge in [0, 0.05) is 12.1 Å². The van der Waals surface area contributed by atoms with Crippen molar-refractivity contribution in [2.45, 2.75) is 24.4 Å². The molecule has 0 spiro atoms. The molecule has 2 rings (SSSR count). The predicted octanol–water partition coefficient (Wildman–Crippen LogP) is -1.95. The Morgan fingerprint density at radius 3 is 2.61 bits per heavy atom. The van der Waals surface area contributed by atoms with Gasteiger partial charge in [0.05, 0.1) is 18.8 Å². The van der Waals surface area contributed by atoms with Gasteiger partial charge in [0.2, 0.25) is 0 Å². The smallest absolute Gasteiger partial charge is 0.349 e. The summed E-state index contributed by atoms with van der Waals surface area (Å²) in [5.74, 6) is -1.15. The minimum Gasteiger partial charge on any atom is -0.396 e. The second kappa shape index (κ2) is 4.63. The zero-order chi connectivity index (χ0) is 13.4. The summed E-state index contributed by atoms with van der Waals surface area (Å²) in [7, 11) is 0. The van der Waals surface area contributed by atoms with Crippen LogP contribution in [0.5, 0.6) is 0 Å². The van der Waals surface area contributed by atoms with Crippen molar-refractivity contribution in [3.05, 3.63) is 22.7 Å². The number of anilines is 1. The Bertz CT molecular complexity index is 494. The number of aliphatic hydroxyl groups is 3. The Morgan fingerprint density at radius 2 is 2.11 bits per heavy atom. The highest BCUT2D eigenvalue weighted by molar-refractivity contribution is 5.24. The molecule has 18 heavy (non-hydrogen) atoms. The van der Waals surface area contributed by atoms with Gasteiger partial charge in [-0.15, -0.1) is 0 Å². The first kappa shape index (κ1) is 12.9. The molecule has 5 atom stereocenters. The van der Waals surface area contributed by atoms with Crippen molar-refractivity contribution in [1.82, 2.24) is 9.55 Å².